The minimum Gasteiger partial charge on any atom is -0.495 e. The fourth-order valence-corrected chi connectivity index (χ4v) is 5.21. The van der Waals surface area contributed by atoms with Gasteiger partial charge in [0.1, 0.15) is 11.6 Å². The predicted molar refractivity (Wildman–Crippen MR) is 112 cm³/mol. The molecule has 154 valence electrons. The summed E-state index contributed by atoms with van der Waals surface area (Å²) in [5.74, 6) is 0.160. The van der Waals surface area contributed by atoms with Crippen LogP contribution in [0.15, 0.2) is 47.5 Å². The molecule has 1 fully saturated rings. The number of anilines is 1. The van der Waals surface area contributed by atoms with Crippen molar-refractivity contribution in [1.29, 1.82) is 0 Å². The Labute approximate surface area is 170 Å². The first-order chi connectivity index (χ1) is 13.8. The highest BCUT2D eigenvalue weighted by atomic mass is 32.2. The Hall–Kier alpha value is -2.58. The van der Waals surface area contributed by atoms with Crippen LogP contribution in [0, 0.1) is 12.7 Å². The zero-order chi connectivity index (χ0) is 20.8. The summed E-state index contributed by atoms with van der Waals surface area (Å²) in [4.78, 5) is 4.51. The lowest BCUT2D eigenvalue weighted by Crippen LogP contribution is -2.44. The fraction of sp³-hybridized carbons (Fsp3) is 0.333. The summed E-state index contributed by atoms with van der Waals surface area (Å²) in [6, 6.07) is 9.07. The van der Waals surface area contributed by atoms with Gasteiger partial charge in [0.25, 0.3) is 10.0 Å². The topological polar surface area (TPSA) is 54.8 Å². The van der Waals surface area contributed by atoms with Crippen molar-refractivity contribution in [3.05, 3.63) is 54.0 Å². The molecular weight excluding hydrogens is 393 g/mol. The van der Waals surface area contributed by atoms with Gasteiger partial charge in [0.05, 0.1) is 23.2 Å². The molecule has 29 heavy (non-hydrogen) atoms. The second kappa shape index (κ2) is 7.35. The zero-order valence-corrected chi connectivity index (χ0v) is 17.5. The maximum Gasteiger partial charge on any atom is 0.268 e. The van der Waals surface area contributed by atoms with Crippen molar-refractivity contribution < 1.29 is 17.5 Å². The minimum atomic E-state index is -3.90. The third-order valence-electron chi connectivity index (χ3n) is 5.48. The number of aryl methyl sites for hydroxylation is 1. The van der Waals surface area contributed by atoms with Crippen LogP contribution >= 0.6 is 0 Å². The summed E-state index contributed by atoms with van der Waals surface area (Å²) in [6.07, 6.45) is 1.54. The Morgan fingerprint density at radius 3 is 2.45 bits per heavy atom. The lowest BCUT2D eigenvalue weighted by molar-refractivity contribution is 0.311. The number of halogens is 1. The van der Waals surface area contributed by atoms with Gasteiger partial charge in [0.15, 0.2) is 0 Å². The number of methoxy groups -OCH3 is 1. The normalized spacial score (nSPS) is 15.8. The van der Waals surface area contributed by atoms with E-state index < -0.39 is 15.8 Å². The molecule has 1 aliphatic rings. The van der Waals surface area contributed by atoms with E-state index in [1.807, 2.05) is 6.92 Å². The third kappa shape index (κ3) is 3.47. The summed E-state index contributed by atoms with van der Waals surface area (Å²) in [5, 5.41) is 0.711. The smallest absolute Gasteiger partial charge is 0.268 e. The van der Waals surface area contributed by atoms with Crippen LogP contribution in [0.3, 0.4) is 0 Å². The maximum atomic E-state index is 13.8. The minimum absolute atomic E-state index is 0.147. The van der Waals surface area contributed by atoms with E-state index in [2.05, 4.69) is 16.8 Å². The monoisotopic (exact) mass is 417 g/mol. The van der Waals surface area contributed by atoms with Crippen LogP contribution in [0.2, 0.25) is 0 Å². The van der Waals surface area contributed by atoms with Gasteiger partial charge < -0.3 is 14.5 Å². The molecule has 0 bridgehead atoms. The van der Waals surface area contributed by atoms with Crippen molar-refractivity contribution >= 4 is 26.6 Å². The first kappa shape index (κ1) is 19.7. The molecule has 1 aromatic heterocycles. The number of likely N-dealkylation sites (N-methyl/N-ethyl adjacent to an activating group) is 1. The molecule has 0 atom stereocenters. The van der Waals surface area contributed by atoms with Crippen LogP contribution in [-0.2, 0) is 10.0 Å². The lowest BCUT2D eigenvalue weighted by atomic mass is 10.2. The number of benzene rings is 2. The largest absolute Gasteiger partial charge is 0.495 e. The molecule has 4 rings (SSSR count). The van der Waals surface area contributed by atoms with Crippen LogP contribution in [0.4, 0.5) is 10.1 Å². The molecule has 3 aromatic rings. The predicted octanol–water partition coefficient (Wildman–Crippen LogP) is 3.09. The van der Waals surface area contributed by atoms with Crippen molar-refractivity contribution in [2.45, 2.75) is 11.8 Å². The Balaban J connectivity index is 1.82. The van der Waals surface area contributed by atoms with Gasteiger partial charge in [-0.25, -0.2) is 16.8 Å². The second-order valence-electron chi connectivity index (χ2n) is 7.40. The molecule has 8 heteroatoms. The van der Waals surface area contributed by atoms with Crippen LogP contribution in [0.1, 0.15) is 5.56 Å². The Morgan fingerprint density at radius 2 is 1.76 bits per heavy atom. The van der Waals surface area contributed by atoms with E-state index in [0.717, 1.165) is 41.4 Å². The standard InChI is InChI=1S/C21H24FN3O3S/c1-15-14-25(19-12-16(22)4-6-18(15)19)29(26,27)17-5-7-21(28-3)20(13-17)24-10-8-23(2)9-11-24/h4-7,12-14H,8-11H2,1-3H3. The van der Waals surface area contributed by atoms with Crippen LogP contribution in [0.25, 0.3) is 10.9 Å². The number of hydrogen-bond donors (Lipinski definition) is 0. The number of aromatic nitrogens is 1. The number of fused-ring (bicyclic) bond motifs is 1. The summed E-state index contributed by atoms with van der Waals surface area (Å²) in [5.41, 5.74) is 1.86. The molecular formula is C21H24FN3O3S. The molecule has 0 spiro atoms. The molecule has 0 radical (unpaired) electrons. The highest BCUT2D eigenvalue weighted by molar-refractivity contribution is 7.90. The first-order valence-corrected chi connectivity index (χ1v) is 10.9. The van der Waals surface area contributed by atoms with Gasteiger partial charge in [-0.05, 0) is 55.9 Å². The molecule has 0 saturated carbocycles. The number of piperazine rings is 1. The van der Waals surface area contributed by atoms with Gasteiger partial charge in [-0.15, -0.1) is 0 Å². The average molecular weight is 418 g/mol. The van der Waals surface area contributed by atoms with Crippen molar-refractivity contribution in [3.8, 4) is 5.75 Å². The van der Waals surface area contributed by atoms with Gasteiger partial charge in [-0.2, -0.15) is 0 Å². The van der Waals surface area contributed by atoms with Crippen LogP contribution in [-0.4, -0.2) is 57.6 Å². The van der Waals surface area contributed by atoms with Crippen molar-refractivity contribution in [1.82, 2.24) is 8.87 Å². The molecule has 6 nitrogen and oxygen atoms in total. The first-order valence-electron chi connectivity index (χ1n) is 9.45. The average Bonchev–Trinajstić information content (AvgIpc) is 3.04. The molecule has 0 unspecified atom stereocenters. The van der Waals surface area contributed by atoms with Gasteiger partial charge >= 0.3 is 0 Å². The van der Waals surface area contributed by atoms with Crippen LogP contribution < -0.4 is 9.64 Å². The van der Waals surface area contributed by atoms with E-state index in [-0.39, 0.29) is 4.90 Å². The highest BCUT2D eigenvalue weighted by Gasteiger charge is 2.24. The second-order valence-corrected chi connectivity index (χ2v) is 9.21. The molecule has 0 amide bonds. The quantitative estimate of drug-likeness (QED) is 0.653. The summed E-state index contributed by atoms with van der Waals surface area (Å²) >= 11 is 0. The van der Waals surface area contributed by atoms with Gasteiger partial charge in [-0.3, -0.25) is 0 Å². The van der Waals surface area contributed by atoms with Crippen molar-refractivity contribution in [2.24, 2.45) is 0 Å². The Bertz CT molecular complexity index is 1170. The summed E-state index contributed by atoms with van der Waals surface area (Å²) < 4.78 is 47.3. The molecule has 1 saturated heterocycles. The molecule has 2 aromatic carbocycles. The van der Waals surface area contributed by atoms with Crippen molar-refractivity contribution in [2.75, 3.05) is 45.2 Å². The van der Waals surface area contributed by atoms with E-state index in [1.54, 1.807) is 31.5 Å². The Kier molecular flexibility index (Phi) is 5.00. The molecule has 0 N–H and O–H groups in total. The lowest BCUT2D eigenvalue weighted by Gasteiger charge is -2.34. The van der Waals surface area contributed by atoms with Crippen molar-refractivity contribution in [3.63, 3.8) is 0 Å². The Morgan fingerprint density at radius 1 is 1.03 bits per heavy atom. The fourth-order valence-electron chi connectivity index (χ4n) is 3.77. The van der Waals surface area contributed by atoms with Gasteiger partial charge in [-0.1, -0.05) is 0 Å². The van der Waals surface area contributed by atoms with Gasteiger partial charge in [0, 0.05) is 37.8 Å². The number of hydrogen-bond acceptors (Lipinski definition) is 5. The van der Waals surface area contributed by atoms with E-state index in [4.69, 9.17) is 4.74 Å². The summed E-state index contributed by atoms with van der Waals surface area (Å²) in [6.45, 7) is 5.16. The van der Waals surface area contributed by atoms with E-state index in [9.17, 15) is 12.8 Å². The summed E-state index contributed by atoms with van der Waals surface area (Å²) in [7, 11) is -0.259. The maximum absolute atomic E-state index is 13.8. The van der Waals surface area contributed by atoms with Crippen LogP contribution in [0.5, 0.6) is 5.75 Å². The zero-order valence-electron chi connectivity index (χ0n) is 16.7. The number of rotatable bonds is 4. The SMILES string of the molecule is COc1ccc(S(=O)(=O)n2cc(C)c3ccc(F)cc32)cc1N1CCN(C)CC1. The van der Waals surface area contributed by atoms with Gasteiger partial charge in [0.2, 0.25) is 0 Å². The molecule has 2 heterocycles. The number of ether oxygens (including phenoxy) is 1. The molecule has 1 aliphatic heterocycles. The highest BCUT2D eigenvalue weighted by Crippen LogP contribution is 2.33. The number of nitrogens with zero attached hydrogens (tertiary/aromatic N) is 3. The van der Waals surface area contributed by atoms with E-state index in [0.29, 0.717) is 16.7 Å². The molecule has 0 aliphatic carbocycles. The van der Waals surface area contributed by atoms with E-state index >= 15 is 0 Å². The van der Waals surface area contributed by atoms with E-state index in [1.165, 1.54) is 18.2 Å². The third-order valence-corrected chi connectivity index (χ3v) is 7.15.